The predicted molar refractivity (Wildman–Crippen MR) is 247 cm³/mol. The van der Waals surface area contributed by atoms with Crippen molar-refractivity contribution in [1.29, 1.82) is 0 Å². The number of alkyl halides is 4. The molecule has 0 radical (unpaired) electrons. The van der Waals surface area contributed by atoms with Gasteiger partial charge in [-0.3, -0.25) is 29.9 Å². The summed E-state index contributed by atoms with van der Waals surface area (Å²) < 4.78 is 41.2. The highest BCUT2D eigenvalue weighted by Crippen LogP contribution is 2.27. The molecule has 0 aliphatic carbocycles. The first-order valence-corrected chi connectivity index (χ1v) is 26.2. The number of nitro benzene ring substituents is 2. The number of amides is 1. The summed E-state index contributed by atoms with van der Waals surface area (Å²) in [7, 11) is 0. The van der Waals surface area contributed by atoms with E-state index in [-0.39, 0.29) is 29.4 Å². The van der Waals surface area contributed by atoms with Crippen molar-refractivity contribution in [3.05, 3.63) is 176 Å². The van der Waals surface area contributed by atoms with E-state index in [4.69, 9.17) is 0 Å². The number of hydrogen-bond donors (Lipinski definition) is 0. The number of nitro groups is 2. The van der Waals surface area contributed by atoms with Crippen LogP contribution in [0.1, 0.15) is 33.4 Å². The smallest absolute Gasteiger partial charge is 0.330 e. The van der Waals surface area contributed by atoms with Crippen molar-refractivity contribution < 1.29 is 27.8 Å². The molecular weight excluding hydrogens is 1090 g/mol. The Morgan fingerprint density at radius 3 is 1.61 bits per heavy atom. The summed E-state index contributed by atoms with van der Waals surface area (Å²) in [5, 5.41) is 21.9. The van der Waals surface area contributed by atoms with Crippen molar-refractivity contribution in [1.82, 2.24) is 28.9 Å². The number of rotatable bonds is 9. The molecule has 0 saturated carbocycles. The maximum atomic E-state index is 12.5. The molecule has 320 valence electrons. The van der Waals surface area contributed by atoms with Gasteiger partial charge < -0.3 is 14.0 Å². The van der Waals surface area contributed by atoms with E-state index in [1.807, 2.05) is 45.9 Å². The van der Waals surface area contributed by atoms with Gasteiger partial charge in [0.15, 0.2) is 0 Å². The molecule has 0 atom stereocenters. The number of benzene rings is 4. The van der Waals surface area contributed by atoms with E-state index in [1.54, 1.807) is 55.2 Å². The van der Waals surface area contributed by atoms with E-state index in [1.165, 1.54) is 23.3 Å². The summed E-state index contributed by atoms with van der Waals surface area (Å²) in [5.74, 6) is -1.77. The number of fused-ring (bicyclic) bond motifs is 2. The molecule has 2 aliphatic rings. The highest BCUT2D eigenvalue weighted by atomic mass is 128. The van der Waals surface area contributed by atoms with Crippen LogP contribution in [0.3, 0.4) is 0 Å². The molecular formula is C42H40BrF3I2N8O5. The van der Waals surface area contributed by atoms with Crippen LogP contribution in [0.5, 0.6) is 0 Å². The van der Waals surface area contributed by atoms with Crippen LogP contribution in [0.15, 0.2) is 122 Å². The topological polar surface area (TPSA) is 145 Å². The molecule has 0 N–H and O–H groups in total. The maximum Gasteiger partial charge on any atom is 0.471 e. The summed E-state index contributed by atoms with van der Waals surface area (Å²) in [6.45, 7) is 3.02. The van der Waals surface area contributed by atoms with E-state index < -0.39 is 17.0 Å². The monoisotopic (exact) mass is 1130 g/mol. The van der Waals surface area contributed by atoms with Crippen molar-refractivity contribution in [3.8, 4) is 11.4 Å². The minimum Gasteiger partial charge on any atom is -0.330 e. The van der Waals surface area contributed by atoms with Crippen molar-refractivity contribution >= 4 is 70.4 Å². The normalized spacial score (nSPS) is 13.2. The lowest BCUT2D eigenvalue weighted by Gasteiger charge is -2.29. The number of aromatic nitrogens is 4. The SMILES string of the molecule is II.O=C(N1CCc2cc(-n3ccnc3)ccc2C1)C(F)(F)F.O=[N+]([O-])c1ccc(CCBr)cc1.O=[N+]([O-])c1ccc(CCN2CCc3cc(-n4ccnc4)ccc3C2)cc1. The van der Waals surface area contributed by atoms with Crippen LogP contribution >= 0.6 is 53.2 Å². The fourth-order valence-corrected chi connectivity index (χ4v) is 7.25. The number of imidazole rings is 2. The molecule has 6 aromatic rings. The zero-order chi connectivity index (χ0) is 43.9. The van der Waals surface area contributed by atoms with Crippen LogP contribution < -0.4 is 0 Å². The number of carbonyl (C=O) groups excluding carboxylic acids is 1. The van der Waals surface area contributed by atoms with Gasteiger partial charge in [-0.15, -0.1) is 0 Å². The highest BCUT2D eigenvalue weighted by molar-refractivity contribution is 15.0. The molecule has 13 nitrogen and oxygen atoms in total. The number of non-ortho nitro benzene ring substituents is 2. The van der Waals surface area contributed by atoms with Crippen LogP contribution in [0.4, 0.5) is 24.5 Å². The minimum atomic E-state index is -4.81. The van der Waals surface area contributed by atoms with E-state index >= 15 is 0 Å². The minimum absolute atomic E-state index is 0.00210. The summed E-state index contributed by atoms with van der Waals surface area (Å²) in [5.41, 5.74) is 9.10. The van der Waals surface area contributed by atoms with Gasteiger partial charge in [0.25, 0.3) is 11.4 Å². The Morgan fingerprint density at radius 2 is 1.16 bits per heavy atom. The van der Waals surface area contributed by atoms with Gasteiger partial charge >= 0.3 is 12.1 Å². The number of nitrogens with zero attached hydrogens (tertiary/aromatic N) is 8. The van der Waals surface area contributed by atoms with Gasteiger partial charge in [-0.05, 0) is 83.3 Å². The second-order valence-corrected chi connectivity index (χ2v) is 14.7. The van der Waals surface area contributed by atoms with Gasteiger partial charge in [-0.2, -0.15) is 13.2 Å². The van der Waals surface area contributed by atoms with Gasteiger partial charge in [0.1, 0.15) is 0 Å². The zero-order valence-corrected chi connectivity index (χ0v) is 38.4. The molecule has 0 spiro atoms. The van der Waals surface area contributed by atoms with Gasteiger partial charge in [0, 0.05) is 136 Å². The first kappa shape index (κ1) is 47.3. The number of halogens is 6. The number of aryl methyl sites for hydroxylation is 1. The Hall–Kier alpha value is -4.74. The Morgan fingerprint density at radius 1 is 0.689 bits per heavy atom. The Kier molecular flexibility index (Phi) is 17.8. The molecule has 0 unspecified atom stereocenters. The third kappa shape index (κ3) is 13.6. The molecule has 4 aromatic carbocycles. The summed E-state index contributed by atoms with van der Waals surface area (Å²) in [6.07, 6.45) is 9.13. The first-order chi connectivity index (χ1) is 29.4. The third-order valence-corrected chi connectivity index (χ3v) is 10.4. The summed E-state index contributed by atoms with van der Waals surface area (Å²) in [4.78, 5) is 42.9. The highest BCUT2D eigenvalue weighted by Gasteiger charge is 2.43. The Labute approximate surface area is 381 Å². The fraction of sp³-hybridized carbons (Fsp3) is 0.262. The van der Waals surface area contributed by atoms with Crippen LogP contribution in [0, 0.1) is 20.2 Å². The zero-order valence-electron chi connectivity index (χ0n) is 32.5. The van der Waals surface area contributed by atoms with Crippen LogP contribution in [-0.2, 0) is 43.6 Å². The average Bonchev–Trinajstić information content (AvgIpc) is 4.03. The van der Waals surface area contributed by atoms with Crippen LogP contribution in [-0.4, -0.2) is 75.8 Å². The molecule has 1 amide bonds. The molecule has 61 heavy (non-hydrogen) atoms. The summed E-state index contributed by atoms with van der Waals surface area (Å²) in [6, 6.07) is 25.6. The summed E-state index contributed by atoms with van der Waals surface area (Å²) >= 11 is 7.54. The van der Waals surface area contributed by atoms with E-state index in [2.05, 4.69) is 86.2 Å². The first-order valence-electron chi connectivity index (χ1n) is 18.8. The molecule has 8 rings (SSSR count). The van der Waals surface area contributed by atoms with Crippen LogP contribution in [0.2, 0.25) is 0 Å². The van der Waals surface area contributed by atoms with Gasteiger partial charge in [0.05, 0.1) is 22.5 Å². The number of hydrogen-bond acceptors (Lipinski definition) is 8. The van der Waals surface area contributed by atoms with Crippen molar-refractivity contribution in [2.45, 2.75) is 44.9 Å². The predicted octanol–water partition coefficient (Wildman–Crippen LogP) is 10.0. The maximum absolute atomic E-state index is 12.5. The van der Waals surface area contributed by atoms with E-state index in [9.17, 15) is 38.2 Å². The molecule has 0 bridgehead atoms. The lowest BCUT2D eigenvalue weighted by molar-refractivity contribution is -0.385. The lowest BCUT2D eigenvalue weighted by Crippen LogP contribution is -2.43. The molecule has 4 heterocycles. The van der Waals surface area contributed by atoms with Gasteiger partial charge in [-0.25, -0.2) is 9.97 Å². The standard InChI is InChI=1S/C20H20N4O2.C14H12F3N3O.C8H8BrNO2.I2/c25-24(26)19-4-1-16(2-5-19)7-10-22-11-8-17-13-20(6-3-18(17)14-22)23-12-9-21-15-23;15-14(16,17)13(21)19-5-3-10-7-12(2-1-11(10)8-19)20-6-4-18-9-20;9-6-5-7-1-3-8(4-2-7)10(11)12;1-2/h1-6,9,12-13,15H,7-8,10-11,14H2;1-2,4,6-7,9H,3,5,8H2;1-4H,5-6H2;. The number of carbonyl (C=O) groups is 1. The largest absolute Gasteiger partial charge is 0.471 e. The Balaban J connectivity index is 0.000000180. The second kappa shape index (κ2) is 22.9. The molecule has 0 fully saturated rings. The van der Waals surface area contributed by atoms with Gasteiger partial charge in [-0.1, -0.05) is 52.3 Å². The Bertz CT molecular complexity index is 2350. The van der Waals surface area contributed by atoms with Crippen molar-refractivity contribution in [3.63, 3.8) is 0 Å². The fourth-order valence-electron chi connectivity index (χ4n) is 6.79. The van der Waals surface area contributed by atoms with Crippen molar-refractivity contribution in [2.75, 3.05) is 25.0 Å². The van der Waals surface area contributed by atoms with E-state index in [0.29, 0.717) is 6.42 Å². The van der Waals surface area contributed by atoms with E-state index in [0.717, 1.165) is 82.8 Å². The van der Waals surface area contributed by atoms with Gasteiger partial charge in [0.2, 0.25) is 0 Å². The lowest BCUT2D eigenvalue weighted by atomic mass is 9.98. The molecule has 19 heteroatoms. The van der Waals surface area contributed by atoms with Crippen LogP contribution in [0.25, 0.3) is 11.4 Å². The quantitative estimate of drug-likeness (QED) is 0.0602. The average molecular weight is 1130 g/mol. The van der Waals surface area contributed by atoms with Crippen molar-refractivity contribution in [2.24, 2.45) is 0 Å². The molecule has 2 aliphatic heterocycles. The molecule has 0 saturated heterocycles. The second-order valence-electron chi connectivity index (χ2n) is 13.9. The molecule has 2 aromatic heterocycles. The third-order valence-electron chi connectivity index (χ3n) is 10.0.